The number of halogens is 1. The van der Waals surface area contributed by atoms with Gasteiger partial charge in [-0.25, -0.2) is 4.39 Å². The Bertz CT molecular complexity index is 1300. The van der Waals surface area contributed by atoms with E-state index in [2.05, 4.69) is 20.8 Å². The first-order valence-electron chi connectivity index (χ1n) is 9.95. The smallest absolute Gasteiger partial charge is 0.257 e. The lowest BCUT2D eigenvalue weighted by Gasteiger charge is -2.11. The fraction of sp³-hybridized carbons (Fsp3) is 0.130. The van der Waals surface area contributed by atoms with E-state index >= 15 is 0 Å². The van der Waals surface area contributed by atoms with Crippen LogP contribution in [0.4, 0.5) is 15.8 Å². The number of para-hydroxylation sites is 1. The molecular formula is C23H20FN5O3S. The molecule has 0 radical (unpaired) electrons. The number of furan rings is 1. The van der Waals surface area contributed by atoms with Gasteiger partial charge in [0.15, 0.2) is 11.0 Å². The van der Waals surface area contributed by atoms with Gasteiger partial charge in [-0.2, -0.15) is 0 Å². The number of anilines is 2. The first kappa shape index (κ1) is 22.3. The standard InChI is InChI=1S/C23H20FN5O3S/c1-14-17(11-12-32-14)21-27-28-23(29(21)2)33-13-20(30)26-19-6-4-3-5-18(19)22(31)25-16-9-7-15(24)8-10-16/h3-12H,13H2,1-2H3,(H,25,31)(H,26,30). The molecule has 10 heteroatoms. The zero-order chi connectivity index (χ0) is 23.4. The summed E-state index contributed by atoms with van der Waals surface area (Å²) in [6, 6.07) is 13.9. The maximum Gasteiger partial charge on any atom is 0.257 e. The molecule has 0 saturated heterocycles. The second-order valence-electron chi connectivity index (χ2n) is 7.10. The minimum absolute atomic E-state index is 0.0737. The largest absolute Gasteiger partial charge is 0.469 e. The van der Waals surface area contributed by atoms with E-state index in [4.69, 9.17) is 4.42 Å². The molecule has 168 valence electrons. The van der Waals surface area contributed by atoms with Gasteiger partial charge in [-0.3, -0.25) is 9.59 Å². The normalized spacial score (nSPS) is 10.8. The topological polar surface area (TPSA) is 102 Å². The Morgan fingerprint density at radius 1 is 1.06 bits per heavy atom. The Labute approximate surface area is 193 Å². The van der Waals surface area contributed by atoms with Crippen molar-refractivity contribution < 1.29 is 18.4 Å². The van der Waals surface area contributed by atoms with Crippen LogP contribution in [0.25, 0.3) is 11.4 Å². The third-order valence-electron chi connectivity index (χ3n) is 4.81. The van der Waals surface area contributed by atoms with Gasteiger partial charge in [0.05, 0.1) is 28.8 Å². The molecule has 2 aromatic heterocycles. The van der Waals surface area contributed by atoms with Crippen LogP contribution >= 0.6 is 11.8 Å². The number of hydrogen-bond donors (Lipinski definition) is 2. The summed E-state index contributed by atoms with van der Waals surface area (Å²) in [6.45, 7) is 1.84. The Hall–Kier alpha value is -3.92. The summed E-state index contributed by atoms with van der Waals surface area (Å²) in [4.78, 5) is 25.3. The summed E-state index contributed by atoms with van der Waals surface area (Å²) < 4.78 is 20.2. The molecule has 0 unspecified atom stereocenters. The molecule has 0 saturated carbocycles. The minimum Gasteiger partial charge on any atom is -0.469 e. The molecule has 0 aliphatic carbocycles. The summed E-state index contributed by atoms with van der Waals surface area (Å²) in [5.74, 6) is 0.338. The number of rotatable bonds is 7. The van der Waals surface area contributed by atoms with Gasteiger partial charge in [0.25, 0.3) is 5.91 Å². The molecular weight excluding hydrogens is 445 g/mol. The monoisotopic (exact) mass is 465 g/mol. The minimum atomic E-state index is -0.418. The first-order valence-corrected chi connectivity index (χ1v) is 10.9. The Morgan fingerprint density at radius 2 is 1.82 bits per heavy atom. The zero-order valence-electron chi connectivity index (χ0n) is 17.8. The number of nitrogens with zero attached hydrogens (tertiary/aromatic N) is 3. The number of aromatic nitrogens is 3. The molecule has 2 aromatic carbocycles. The van der Waals surface area contributed by atoms with Crippen LogP contribution in [0.2, 0.25) is 0 Å². The Balaban J connectivity index is 1.40. The molecule has 0 aliphatic heterocycles. The highest BCUT2D eigenvalue weighted by Crippen LogP contribution is 2.26. The number of hydrogen-bond acceptors (Lipinski definition) is 6. The molecule has 33 heavy (non-hydrogen) atoms. The zero-order valence-corrected chi connectivity index (χ0v) is 18.6. The molecule has 2 N–H and O–H groups in total. The van der Waals surface area contributed by atoms with Gasteiger partial charge in [-0.15, -0.1) is 10.2 Å². The van der Waals surface area contributed by atoms with Crippen molar-refractivity contribution in [2.75, 3.05) is 16.4 Å². The number of carbonyl (C=O) groups is 2. The lowest BCUT2D eigenvalue weighted by Crippen LogP contribution is -2.19. The van der Waals surface area contributed by atoms with Crippen LogP contribution in [-0.4, -0.2) is 32.3 Å². The van der Waals surface area contributed by atoms with Gasteiger partial charge in [0.2, 0.25) is 5.91 Å². The molecule has 4 aromatic rings. The number of thioether (sulfide) groups is 1. The van der Waals surface area contributed by atoms with Crippen molar-refractivity contribution in [2.45, 2.75) is 12.1 Å². The fourth-order valence-corrected chi connectivity index (χ4v) is 3.84. The van der Waals surface area contributed by atoms with Crippen molar-refractivity contribution in [1.82, 2.24) is 14.8 Å². The average molecular weight is 466 g/mol. The SMILES string of the molecule is Cc1occc1-c1nnc(SCC(=O)Nc2ccccc2C(=O)Nc2ccc(F)cc2)n1C. The summed E-state index contributed by atoms with van der Waals surface area (Å²) in [5.41, 5.74) is 1.94. The van der Waals surface area contributed by atoms with E-state index in [9.17, 15) is 14.0 Å². The van der Waals surface area contributed by atoms with Gasteiger partial charge in [0, 0.05) is 12.7 Å². The lowest BCUT2D eigenvalue weighted by molar-refractivity contribution is -0.113. The van der Waals surface area contributed by atoms with Gasteiger partial charge in [-0.05, 0) is 49.4 Å². The molecule has 8 nitrogen and oxygen atoms in total. The number of benzene rings is 2. The van der Waals surface area contributed by atoms with Crippen LogP contribution in [-0.2, 0) is 11.8 Å². The van der Waals surface area contributed by atoms with Gasteiger partial charge >= 0.3 is 0 Å². The van der Waals surface area contributed by atoms with Gasteiger partial charge in [-0.1, -0.05) is 23.9 Å². The number of nitrogens with one attached hydrogen (secondary N) is 2. The summed E-state index contributed by atoms with van der Waals surface area (Å²) in [5, 5.41) is 14.4. The van der Waals surface area contributed by atoms with E-state index in [0.717, 1.165) is 11.3 Å². The number of amides is 2. The van der Waals surface area contributed by atoms with Gasteiger partial charge < -0.3 is 19.6 Å². The maximum atomic E-state index is 13.1. The highest BCUT2D eigenvalue weighted by atomic mass is 32.2. The quantitative estimate of drug-likeness (QED) is 0.390. The summed E-state index contributed by atoms with van der Waals surface area (Å²) >= 11 is 1.23. The summed E-state index contributed by atoms with van der Waals surface area (Å²) in [6.07, 6.45) is 1.59. The third kappa shape index (κ3) is 5.12. The van der Waals surface area contributed by atoms with E-state index in [1.165, 1.54) is 36.0 Å². The predicted octanol–water partition coefficient (Wildman–Crippen LogP) is 4.51. The van der Waals surface area contributed by atoms with Crippen molar-refractivity contribution in [3.05, 3.63) is 78.0 Å². The van der Waals surface area contributed by atoms with Crippen LogP contribution in [0.15, 0.2) is 70.4 Å². The van der Waals surface area contributed by atoms with Crippen molar-refractivity contribution in [2.24, 2.45) is 7.05 Å². The molecule has 0 fully saturated rings. The highest BCUT2D eigenvalue weighted by molar-refractivity contribution is 7.99. The molecule has 4 rings (SSSR count). The average Bonchev–Trinajstić information content (AvgIpc) is 3.39. The maximum absolute atomic E-state index is 13.1. The van der Waals surface area contributed by atoms with Crippen molar-refractivity contribution >= 4 is 35.0 Å². The van der Waals surface area contributed by atoms with Crippen LogP contribution in [0, 0.1) is 12.7 Å². The molecule has 2 heterocycles. The van der Waals surface area contributed by atoms with Gasteiger partial charge in [0.1, 0.15) is 11.6 Å². The third-order valence-corrected chi connectivity index (χ3v) is 5.84. The van der Waals surface area contributed by atoms with Crippen molar-refractivity contribution in [3.63, 3.8) is 0 Å². The van der Waals surface area contributed by atoms with Crippen LogP contribution in [0.3, 0.4) is 0 Å². The molecule has 0 spiro atoms. The van der Waals surface area contributed by atoms with E-state index < -0.39 is 11.7 Å². The van der Waals surface area contributed by atoms with Crippen LogP contribution in [0.5, 0.6) is 0 Å². The highest BCUT2D eigenvalue weighted by Gasteiger charge is 2.17. The van der Waals surface area contributed by atoms with Crippen molar-refractivity contribution in [3.8, 4) is 11.4 Å². The second-order valence-corrected chi connectivity index (χ2v) is 8.04. The van der Waals surface area contributed by atoms with E-state index in [0.29, 0.717) is 22.4 Å². The molecule has 2 amide bonds. The Kier molecular flexibility index (Phi) is 6.55. The second kappa shape index (κ2) is 9.70. The fourth-order valence-electron chi connectivity index (χ4n) is 3.13. The van der Waals surface area contributed by atoms with Crippen molar-refractivity contribution in [1.29, 1.82) is 0 Å². The predicted molar refractivity (Wildman–Crippen MR) is 124 cm³/mol. The summed E-state index contributed by atoms with van der Waals surface area (Å²) in [7, 11) is 1.82. The lowest BCUT2D eigenvalue weighted by atomic mass is 10.1. The van der Waals surface area contributed by atoms with Crippen LogP contribution in [0.1, 0.15) is 16.1 Å². The molecule has 0 atom stereocenters. The van der Waals surface area contributed by atoms with E-state index in [-0.39, 0.29) is 17.2 Å². The molecule has 0 bridgehead atoms. The van der Waals surface area contributed by atoms with E-state index in [1.807, 2.05) is 20.0 Å². The number of carbonyl (C=O) groups excluding carboxylic acids is 2. The Morgan fingerprint density at radius 3 is 2.55 bits per heavy atom. The molecule has 0 aliphatic rings. The number of aryl methyl sites for hydroxylation is 1. The van der Waals surface area contributed by atoms with E-state index in [1.54, 1.807) is 35.1 Å². The van der Waals surface area contributed by atoms with Crippen LogP contribution < -0.4 is 10.6 Å². The first-order chi connectivity index (χ1) is 15.9.